The number of rotatable bonds is 5. The van der Waals surface area contributed by atoms with E-state index in [-0.39, 0.29) is 18.9 Å². The first-order valence-corrected chi connectivity index (χ1v) is 6.23. The highest BCUT2D eigenvalue weighted by Crippen LogP contribution is 2.30. The molecule has 0 aromatic rings. The summed E-state index contributed by atoms with van der Waals surface area (Å²) in [6.07, 6.45) is -2.48. The van der Waals surface area contributed by atoms with E-state index >= 15 is 0 Å². The van der Waals surface area contributed by atoms with Crippen molar-refractivity contribution in [3.63, 3.8) is 0 Å². The number of ether oxygens (including phenoxy) is 1. The molecule has 0 radical (unpaired) electrons. The van der Waals surface area contributed by atoms with Gasteiger partial charge < -0.3 is 30.9 Å². The molecule has 0 saturated carbocycles. The maximum absolute atomic E-state index is 11.5. The number of β-lactam (4-membered cyclic amide) rings is 1. The highest BCUT2D eigenvalue weighted by atomic mass is 16.5. The van der Waals surface area contributed by atoms with Crippen LogP contribution in [0.15, 0.2) is 0 Å². The number of nitrogens with zero attached hydrogens (tertiary/aromatic N) is 1. The van der Waals surface area contributed by atoms with E-state index in [2.05, 4.69) is 5.32 Å². The molecule has 9 heteroatoms. The monoisotopic (exact) mass is 287 g/mol. The van der Waals surface area contributed by atoms with Crippen LogP contribution in [0.2, 0.25) is 0 Å². The van der Waals surface area contributed by atoms with Crippen LogP contribution in [0, 0.1) is 0 Å². The Hall–Kier alpha value is -1.71. The molecule has 5 N–H and O–H groups in total. The Morgan fingerprint density at radius 3 is 2.65 bits per heavy atom. The van der Waals surface area contributed by atoms with Gasteiger partial charge in [-0.15, -0.1) is 0 Å². The van der Waals surface area contributed by atoms with E-state index in [9.17, 15) is 19.5 Å². The second kappa shape index (κ2) is 5.35. The van der Waals surface area contributed by atoms with Gasteiger partial charge in [-0.05, 0) is 6.92 Å². The van der Waals surface area contributed by atoms with Crippen molar-refractivity contribution < 1.29 is 29.3 Å². The van der Waals surface area contributed by atoms with Crippen LogP contribution in [-0.2, 0) is 19.1 Å². The van der Waals surface area contributed by atoms with Gasteiger partial charge in [-0.1, -0.05) is 0 Å². The molecule has 0 aromatic carbocycles. The number of nitrogens with one attached hydrogen (secondary N) is 1. The predicted octanol–water partition coefficient (Wildman–Crippen LogP) is -2.78. The fourth-order valence-corrected chi connectivity index (χ4v) is 2.19. The van der Waals surface area contributed by atoms with Crippen LogP contribution in [0.25, 0.3) is 0 Å². The zero-order valence-electron chi connectivity index (χ0n) is 10.9. The van der Waals surface area contributed by atoms with Crippen molar-refractivity contribution in [2.75, 3.05) is 6.54 Å². The lowest BCUT2D eigenvalue weighted by Gasteiger charge is -2.31. The molecule has 2 aliphatic heterocycles. The van der Waals surface area contributed by atoms with Crippen LogP contribution in [0.5, 0.6) is 0 Å². The zero-order chi connectivity index (χ0) is 15.0. The highest BCUT2D eigenvalue weighted by Gasteiger charge is 2.49. The smallest absolute Gasteiger partial charge is 0.329 e. The molecule has 112 valence electrons. The summed E-state index contributed by atoms with van der Waals surface area (Å²) in [5, 5.41) is 21.3. The molecule has 0 aromatic heterocycles. The van der Waals surface area contributed by atoms with Gasteiger partial charge in [0.2, 0.25) is 11.8 Å². The van der Waals surface area contributed by atoms with Crippen molar-refractivity contribution in [2.24, 2.45) is 5.73 Å². The van der Waals surface area contributed by atoms with Crippen LogP contribution >= 0.6 is 0 Å². The quantitative estimate of drug-likeness (QED) is 0.401. The molecule has 9 nitrogen and oxygen atoms in total. The maximum Gasteiger partial charge on any atom is 0.329 e. The van der Waals surface area contributed by atoms with Gasteiger partial charge in [0.05, 0.1) is 19.0 Å². The number of aliphatic carboxylic acids is 1. The summed E-state index contributed by atoms with van der Waals surface area (Å²) in [5.41, 5.74) is 5.34. The molecule has 2 aliphatic rings. The molecule has 20 heavy (non-hydrogen) atoms. The maximum atomic E-state index is 11.5. The van der Waals surface area contributed by atoms with Crippen molar-refractivity contribution in [3.05, 3.63) is 0 Å². The van der Waals surface area contributed by atoms with E-state index in [0.29, 0.717) is 0 Å². The van der Waals surface area contributed by atoms with E-state index in [1.807, 2.05) is 0 Å². The number of carboxylic acids is 1. The molecular formula is C11H17N3O6. The Morgan fingerprint density at radius 1 is 1.55 bits per heavy atom. The van der Waals surface area contributed by atoms with E-state index in [1.165, 1.54) is 11.8 Å². The van der Waals surface area contributed by atoms with Gasteiger partial charge in [0.1, 0.15) is 18.4 Å². The van der Waals surface area contributed by atoms with Gasteiger partial charge in [-0.3, -0.25) is 9.59 Å². The van der Waals surface area contributed by atoms with Gasteiger partial charge in [0.25, 0.3) is 0 Å². The molecule has 0 spiro atoms. The van der Waals surface area contributed by atoms with Crippen molar-refractivity contribution in [3.8, 4) is 0 Å². The van der Waals surface area contributed by atoms with Gasteiger partial charge >= 0.3 is 5.97 Å². The van der Waals surface area contributed by atoms with Crippen molar-refractivity contribution in [2.45, 2.75) is 43.9 Å². The summed E-state index contributed by atoms with van der Waals surface area (Å²) in [7, 11) is 0. The van der Waals surface area contributed by atoms with Crippen LogP contribution < -0.4 is 11.1 Å². The number of fused-ring (bicyclic) bond motifs is 1. The van der Waals surface area contributed by atoms with Crippen LogP contribution in [0.1, 0.15) is 13.3 Å². The summed E-state index contributed by atoms with van der Waals surface area (Å²) < 4.78 is 5.37. The first-order valence-electron chi connectivity index (χ1n) is 6.23. The largest absolute Gasteiger partial charge is 0.480 e. The predicted molar refractivity (Wildman–Crippen MR) is 64.2 cm³/mol. The van der Waals surface area contributed by atoms with Crippen LogP contribution in [0.4, 0.5) is 0 Å². The highest BCUT2D eigenvalue weighted by molar-refractivity contribution is 5.87. The Kier molecular flexibility index (Phi) is 3.93. The molecule has 2 saturated heterocycles. The van der Waals surface area contributed by atoms with E-state index in [4.69, 9.17) is 15.6 Å². The second-order valence-electron chi connectivity index (χ2n) is 4.98. The number of aliphatic hydroxyl groups is 1. The number of carbonyl (C=O) groups excluding carboxylic acids is 2. The number of amides is 2. The van der Waals surface area contributed by atoms with Gasteiger partial charge in [-0.25, -0.2) is 4.79 Å². The van der Waals surface area contributed by atoms with Crippen molar-refractivity contribution in [1.29, 1.82) is 0 Å². The standard InChI is InChI=1S/C11H17N3O6/c1-4(12)10(17)13-8(11(18)19)9(16)5-3-14-6(15)2-7(14)20-5/h4-5,7-9,16H,2-3,12H2,1H3,(H,13,17)(H,18,19). The number of carboxylic acid groups (broad SMARTS) is 1. The third-order valence-electron chi connectivity index (χ3n) is 3.43. The average molecular weight is 287 g/mol. The zero-order valence-corrected chi connectivity index (χ0v) is 10.9. The van der Waals surface area contributed by atoms with Crippen LogP contribution in [0.3, 0.4) is 0 Å². The lowest BCUT2D eigenvalue weighted by Crippen LogP contribution is -2.56. The molecule has 2 amide bonds. The van der Waals surface area contributed by atoms with Crippen LogP contribution in [-0.4, -0.2) is 70.0 Å². The second-order valence-corrected chi connectivity index (χ2v) is 4.98. The summed E-state index contributed by atoms with van der Waals surface area (Å²) >= 11 is 0. The first-order chi connectivity index (χ1) is 9.31. The number of aliphatic hydroxyl groups excluding tert-OH is 1. The third kappa shape index (κ3) is 2.60. The average Bonchev–Trinajstić information content (AvgIpc) is 2.71. The minimum absolute atomic E-state index is 0.101. The molecule has 0 bridgehead atoms. The molecule has 2 rings (SSSR count). The fraction of sp³-hybridized carbons (Fsp3) is 0.727. The number of hydrogen-bond acceptors (Lipinski definition) is 6. The lowest BCUT2D eigenvalue weighted by molar-refractivity contribution is -0.161. The minimum Gasteiger partial charge on any atom is -0.480 e. The summed E-state index contributed by atoms with van der Waals surface area (Å²) in [5.74, 6) is -2.18. The first kappa shape index (κ1) is 14.7. The number of hydrogen-bond donors (Lipinski definition) is 4. The molecule has 5 atom stereocenters. The normalized spacial score (nSPS) is 29.1. The molecular weight excluding hydrogens is 270 g/mol. The lowest BCUT2D eigenvalue weighted by atomic mass is 10.0. The number of carbonyl (C=O) groups is 3. The number of nitrogens with two attached hydrogens (primary N) is 1. The Labute approximate surface area is 114 Å². The van der Waals surface area contributed by atoms with E-state index < -0.39 is 42.4 Å². The fourth-order valence-electron chi connectivity index (χ4n) is 2.19. The third-order valence-corrected chi connectivity index (χ3v) is 3.43. The van der Waals surface area contributed by atoms with Gasteiger partial charge in [0, 0.05) is 0 Å². The van der Waals surface area contributed by atoms with Gasteiger partial charge in [0.15, 0.2) is 6.04 Å². The molecule has 5 unspecified atom stereocenters. The molecule has 2 fully saturated rings. The molecule has 0 aliphatic carbocycles. The Bertz CT molecular complexity index is 440. The summed E-state index contributed by atoms with van der Waals surface area (Å²) in [6.45, 7) is 1.51. The Morgan fingerprint density at radius 2 is 2.20 bits per heavy atom. The topological polar surface area (TPSA) is 142 Å². The van der Waals surface area contributed by atoms with E-state index in [0.717, 1.165) is 0 Å². The minimum atomic E-state index is -1.53. The van der Waals surface area contributed by atoms with Gasteiger partial charge in [-0.2, -0.15) is 0 Å². The molecule has 2 heterocycles. The SMILES string of the molecule is CC(N)C(=O)NC(C(=O)O)C(O)C1CN2C(=O)CC2O1. The van der Waals surface area contributed by atoms with Crippen molar-refractivity contribution in [1.82, 2.24) is 10.2 Å². The van der Waals surface area contributed by atoms with E-state index in [1.54, 1.807) is 0 Å². The summed E-state index contributed by atoms with van der Waals surface area (Å²) in [4.78, 5) is 35.2. The Balaban J connectivity index is 2.00. The summed E-state index contributed by atoms with van der Waals surface area (Å²) in [6, 6.07) is -2.43. The van der Waals surface area contributed by atoms with Crippen molar-refractivity contribution >= 4 is 17.8 Å².